The molecule has 0 saturated carbocycles. The van der Waals surface area contributed by atoms with Crippen molar-refractivity contribution in [3.63, 3.8) is 0 Å². The van der Waals surface area contributed by atoms with Gasteiger partial charge in [0.1, 0.15) is 0 Å². The topological polar surface area (TPSA) is 102 Å². The summed E-state index contributed by atoms with van der Waals surface area (Å²) in [6.07, 6.45) is 2.85. The van der Waals surface area contributed by atoms with Crippen molar-refractivity contribution in [2.75, 3.05) is 0 Å². The molecule has 102 valence electrons. The fraction of sp³-hybridized carbons (Fsp3) is 0.0833. The van der Waals surface area contributed by atoms with Gasteiger partial charge in [0.15, 0.2) is 5.69 Å². The van der Waals surface area contributed by atoms with Gasteiger partial charge in [-0.05, 0) is 12.1 Å². The maximum absolute atomic E-state index is 11.6. The molecule has 1 N–H and O–H groups in total. The van der Waals surface area contributed by atoms with Crippen LogP contribution in [0.25, 0.3) is 0 Å². The van der Waals surface area contributed by atoms with Crippen molar-refractivity contribution < 1.29 is 9.72 Å². The lowest BCUT2D eigenvalue weighted by Crippen LogP contribution is -2.18. The third-order valence-corrected chi connectivity index (χ3v) is 2.45. The second kappa shape index (κ2) is 5.74. The molecule has 0 aliphatic heterocycles. The highest BCUT2D eigenvalue weighted by Crippen LogP contribution is 2.14. The number of para-hydroxylation sites is 1. The molecule has 0 radical (unpaired) electrons. The van der Waals surface area contributed by atoms with Crippen LogP contribution in [0, 0.1) is 10.1 Å². The number of hydrazone groups is 1. The molecule has 1 heterocycles. The Morgan fingerprint density at radius 1 is 1.45 bits per heavy atom. The maximum Gasteiger partial charge on any atom is 0.291 e. The van der Waals surface area contributed by atoms with Gasteiger partial charge in [-0.2, -0.15) is 10.2 Å². The quantitative estimate of drug-likeness (QED) is 0.511. The number of nitro groups is 1. The highest BCUT2D eigenvalue weighted by Gasteiger charge is 2.10. The van der Waals surface area contributed by atoms with Crippen LogP contribution in [0.3, 0.4) is 0 Å². The van der Waals surface area contributed by atoms with Gasteiger partial charge in [0.05, 0.1) is 16.7 Å². The van der Waals surface area contributed by atoms with Crippen LogP contribution in [0.15, 0.2) is 41.6 Å². The van der Waals surface area contributed by atoms with Crippen molar-refractivity contribution in [3.8, 4) is 0 Å². The number of nitrogens with one attached hydrogen (secondary N) is 1. The standard InChI is InChI=1S/C12H11N5O3/c1-16-7-6-10(15-16)12(18)14-13-8-9-4-2-3-5-11(9)17(19)20/h2-8H,1H3,(H,14,18). The molecule has 0 saturated heterocycles. The monoisotopic (exact) mass is 273 g/mol. The molecule has 0 aliphatic rings. The third kappa shape index (κ3) is 3.05. The first-order valence-electron chi connectivity index (χ1n) is 5.64. The minimum absolute atomic E-state index is 0.0802. The van der Waals surface area contributed by atoms with Crippen molar-refractivity contribution in [1.29, 1.82) is 0 Å². The summed E-state index contributed by atoms with van der Waals surface area (Å²) in [5.74, 6) is -0.486. The average molecular weight is 273 g/mol. The summed E-state index contributed by atoms with van der Waals surface area (Å²) in [6, 6.07) is 7.64. The zero-order valence-corrected chi connectivity index (χ0v) is 10.6. The summed E-state index contributed by atoms with van der Waals surface area (Å²) in [5, 5.41) is 18.4. The number of amides is 1. The lowest BCUT2D eigenvalue weighted by atomic mass is 10.2. The van der Waals surface area contributed by atoms with Gasteiger partial charge in [-0.25, -0.2) is 5.43 Å². The fourth-order valence-corrected chi connectivity index (χ4v) is 1.52. The van der Waals surface area contributed by atoms with Crippen LogP contribution in [0.2, 0.25) is 0 Å². The van der Waals surface area contributed by atoms with Crippen molar-refractivity contribution in [3.05, 3.63) is 57.9 Å². The van der Waals surface area contributed by atoms with Crippen LogP contribution in [-0.2, 0) is 7.05 Å². The van der Waals surface area contributed by atoms with E-state index < -0.39 is 10.8 Å². The van der Waals surface area contributed by atoms with Gasteiger partial charge < -0.3 is 0 Å². The van der Waals surface area contributed by atoms with Gasteiger partial charge >= 0.3 is 0 Å². The number of hydrogen-bond donors (Lipinski definition) is 1. The highest BCUT2D eigenvalue weighted by atomic mass is 16.6. The number of hydrogen-bond acceptors (Lipinski definition) is 5. The summed E-state index contributed by atoms with van der Waals surface area (Å²) in [4.78, 5) is 21.9. The van der Waals surface area contributed by atoms with E-state index in [0.29, 0.717) is 5.56 Å². The molecule has 1 aromatic heterocycles. The average Bonchev–Trinajstić information content (AvgIpc) is 2.86. The summed E-state index contributed by atoms with van der Waals surface area (Å²) >= 11 is 0. The van der Waals surface area contributed by atoms with E-state index in [0.717, 1.165) is 0 Å². The number of carbonyl (C=O) groups excluding carboxylic acids is 1. The second-order valence-electron chi connectivity index (χ2n) is 3.89. The summed E-state index contributed by atoms with van der Waals surface area (Å²) in [6.45, 7) is 0. The first-order valence-corrected chi connectivity index (χ1v) is 5.64. The number of nitro benzene ring substituents is 1. The van der Waals surface area contributed by atoms with Crippen molar-refractivity contribution in [2.24, 2.45) is 12.1 Å². The molecule has 0 bridgehead atoms. The smallest absolute Gasteiger partial charge is 0.275 e. The molecular formula is C12H11N5O3. The SMILES string of the molecule is Cn1ccc(C(=O)NN=Cc2ccccc2[N+](=O)[O-])n1. The van der Waals surface area contributed by atoms with Crippen molar-refractivity contribution in [1.82, 2.24) is 15.2 Å². The molecular weight excluding hydrogens is 262 g/mol. The molecule has 2 rings (SSSR count). The molecule has 0 aliphatic carbocycles. The lowest BCUT2D eigenvalue weighted by molar-refractivity contribution is -0.385. The van der Waals surface area contributed by atoms with Crippen molar-refractivity contribution >= 4 is 17.8 Å². The van der Waals surface area contributed by atoms with Crippen LogP contribution in [0.4, 0.5) is 5.69 Å². The van der Waals surface area contributed by atoms with E-state index in [-0.39, 0.29) is 11.4 Å². The minimum atomic E-state index is -0.512. The largest absolute Gasteiger partial charge is 0.291 e. The maximum atomic E-state index is 11.6. The molecule has 2 aromatic rings. The molecule has 0 fully saturated rings. The molecule has 8 heteroatoms. The fourth-order valence-electron chi connectivity index (χ4n) is 1.52. The number of nitrogens with zero attached hydrogens (tertiary/aromatic N) is 4. The number of carbonyl (C=O) groups is 1. The van der Waals surface area contributed by atoms with Gasteiger partial charge in [-0.1, -0.05) is 12.1 Å². The van der Waals surface area contributed by atoms with Crippen LogP contribution in [-0.4, -0.2) is 26.8 Å². The molecule has 0 unspecified atom stereocenters. The zero-order chi connectivity index (χ0) is 14.5. The van der Waals surface area contributed by atoms with Gasteiger partial charge in [0.25, 0.3) is 11.6 Å². The van der Waals surface area contributed by atoms with E-state index in [1.807, 2.05) is 0 Å². The van der Waals surface area contributed by atoms with E-state index in [1.54, 1.807) is 25.4 Å². The zero-order valence-electron chi connectivity index (χ0n) is 10.6. The molecule has 20 heavy (non-hydrogen) atoms. The molecule has 0 atom stereocenters. The molecule has 8 nitrogen and oxygen atoms in total. The van der Waals surface area contributed by atoms with Gasteiger partial charge in [-0.15, -0.1) is 0 Å². The summed E-state index contributed by atoms with van der Waals surface area (Å²) in [5.41, 5.74) is 2.70. The Balaban J connectivity index is 2.07. The van der Waals surface area contributed by atoms with Crippen LogP contribution in [0.1, 0.15) is 16.1 Å². The van der Waals surface area contributed by atoms with E-state index in [4.69, 9.17) is 0 Å². The van der Waals surface area contributed by atoms with E-state index in [1.165, 1.54) is 29.1 Å². The summed E-state index contributed by atoms with van der Waals surface area (Å²) < 4.78 is 1.49. The second-order valence-corrected chi connectivity index (χ2v) is 3.89. The Labute approximate surface area is 113 Å². The Hall–Kier alpha value is -3.03. The van der Waals surface area contributed by atoms with Crippen LogP contribution in [0.5, 0.6) is 0 Å². The van der Waals surface area contributed by atoms with Gasteiger partial charge in [0, 0.05) is 19.3 Å². The Kier molecular flexibility index (Phi) is 3.85. The predicted molar refractivity (Wildman–Crippen MR) is 71.4 cm³/mol. The number of rotatable bonds is 4. The number of aromatic nitrogens is 2. The summed E-state index contributed by atoms with van der Waals surface area (Å²) in [7, 11) is 1.69. The van der Waals surface area contributed by atoms with Gasteiger partial charge in [-0.3, -0.25) is 19.6 Å². The van der Waals surface area contributed by atoms with Crippen LogP contribution >= 0.6 is 0 Å². The molecule has 1 aromatic carbocycles. The Morgan fingerprint density at radius 2 is 2.20 bits per heavy atom. The van der Waals surface area contributed by atoms with E-state index in [9.17, 15) is 14.9 Å². The predicted octanol–water partition coefficient (Wildman–Crippen LogP) is 1.09. The van der Waals surface area contributed by atoms with Gasteiger partial charge in [0.2, 0.25) is 0 Å². The molecule has 1 amide bonds. The number of aryl methyl sites for hydroxylation is 1. The highest BCUT2D eigenvalue weighted by molar-refractivity contribution is 5.93. The first kappa shape index (κ1) is 13.4. The Morgan fingerprint density at radius 3 is 2.85 bits per heavy atom. The van der Waals surface area contributed by atoms with Crippen LogP contribution < -0.4 is 5.43 Å². The van der Waals surface area contributed by atoms with E-state index >= 15 is 0 Å². The van der Waals surface area contributed by atoms with E-state index in [2.05, 4.69) is 15.6 Å². The lowest BCUT2D eigenvalue weighted by Gasteiger charge is -1.97. The third-order valence-electron chi connectivity index (χ3n) is 2.45. The number of benzene rings is 1. The molecule has 0 spiro atoms. The normalized spacial score (nSPS) is 10.7. The first-order chi connectivity index (χ1) is 9.58. The minimum Gasteiger partial charge on any atom is -0.275 e. The Bertz CT molecular complexity index is 677. The van der Waals surface area contributed by atoms with Crippen molar-refractivity contribution in [2.45, 2.75) is 0 Å².